The number of carboxylic acid groups (broad SMARTS) is 1. The normalized spacial score (nSPS) is 12.0. The van der Waals surface area contributed by atoms with Crippen LogP contribution in [0.3, 0.4) is 0 Å². The minimum absolute atomic E-state index is 0.00840. The van der Waals surface area contributed by atoms with Gasteiger partial charge in [0.15, 0.2) is 9.84 Å². The summed E-state index contributed by atoms with van der Waals surface area (Å²) in [7, 11) is -3.39. The van der Waals surface area contributed by atoms with Crippen molar-refractivity contribution in [2.24, 2.45) is 0 Å². The van der Waals surface area contributed by atoms with Crippen molar-refractivity contribution in [1.82, 2.24) is 4.98 Å². The zero-order chi connectivity index (χ0) is 23.0. The molecule has 0 spiro atoms. The Morgan fingerprint density at radius 3 is 2.34 bits per heavy atom. The zero-order valence-corrected chi connectivity index (χ0v) is 19.0. The maximum absolute atomic E-state index is 12.6. The predicted molar refractivity (Wildman–Crippen MR) is 126 cm³/mol. The number of aliphatic carboxylic acids is 1. The fourth-order valence-corrected chi connectivity index (χ4v) is 4.70. The van der Waals surface area contributed by atoms with E-state index >= 15 is 0 Å². The number of aryl methyl sites for hydroxylation is 1. The highest BCUT2D eigenvalue weighted by atomic mass is 35.5. The number of carboxylic acids is 1. The molecule has 7 heteroatoms. The summed E-state index contributed by atoms with van der Waals surface area (Å²) in [4.78, 5) is 15.2. The number of aromatic nitrogens is 1. The lowest BCUT2D eigenvalue weighted by Gasteiger charge is -2.10. The molecule has 0 aliphatic rings. The highest BCUT2D eigenvalue weighted by Crippen LogP contribution is 2.25. The van der Waals surface area contributed by atoms with Gasteiger partial charge >= 0.3 is 5.97 Å². The molecular formula is C25H24ClNO4S. The van der Waals surface area contributed by atoms with Crippen LogP contribution in [0, 0.1) is 0 Å². The Balaban J connectivity index is 1.73. The summed E-state index contributed by atoms with van der Waals surface area (Å²) in [6, 6.07) is 17.8. The number of benzene rings is 2. The molecule has 2 aromatic carbocycles. The number of rotatable bonds is 10. The predicted octanol–water partition coefficient (Wildman–Crippen LogP) is 5.44. The van der Waals surface area contributed by atoms with Gasteiger partial charge in [-0.05, 0) is 66.3 Å². The van der Waals surface area contributed by atoms with E-state index in [9.17, 15) is 13.2 Å². The van der Waals surface area contributed by atoms with Crippen LogP contribution in [0.2, 0.25) is 5.02 Å². The molecule has 0 saturated carbocycles. The van der Waals surface area contributed by atoms with Gasteiger partial charge in [-0.1, -0.05) is 48.0 Å². The number of sulfone groups is 1. The lowest BCUT2D eigenvalue weighted by molar-refractivity contribution is -0.137. The fourth-order valence-electron chi connectivity index (χ4n) is 3.29. The highest BCUT2D eigenvalue weighted by molar-refractivity contribution is 7.91. The van der Waals surface area contributed by atoms with Crippen molar-refractivity contribution in [2.45, 2.75) is 30.6 Å². The smallest absolute Gasteiger partial charge is 0.303 e. The van der Waals surface area contributed by atoms with Gasteiger partial charge in [0, 0.05) is 29.4 Å². The number of carbonyl (C=O) groups is 1. The lowest BCUT2D eigenvalue weighted by Crippen LogP contribution is -2.09. The largest absolute Gasteiger partial charge is 0.481 e. The topological polar surface area (TPSA) is 84.3 Å². The van der Waals surface area contributed by atoms with Crippen molar-refractivity contribution in [1.29, 1.82) is 0 Å². The monoisotopic (exact) mass is 469 g/mol. The summed E-state index contributed by atoms with van der Waals surface area (Å²) in [6.07, 6.45) is 7.22. The number of unbranched alkanes of at least 4 members (excludes halogenated alkanes) is 1. The molecule has 0 atom stereocenters. The second kappa shape index (κ2) is 11.1. The number of nitrogens with zero attached hydrogens (tertiary/aromatic N) is 1. The van der Waals surface area contributed by atoms with Gasteiger partial charge in [0.1, 0.15) is 0 Å². The Labute approximate surface area is 193 Å². The van der Waals surface area contributed by atoms with E-state index in [1.54, 1.807) is 24.5 Å². The molecule has 1 N–H and O–H groups in total. The van der Waals surface area contributed by atoms with Crippen LogP contribution in [0.5, 0.6) is 0 Å². The molecule has 1 aromatic heterocycles. The van der Waals surface area contributed by atoms with Gasteiger partial charge in [-0.25, -0.2) is 8.42 Å². The van der Waals surface area contributed by atoms with E-state index in [2.05, 4.69) is 4.98 Å². The molecule has 0 fully saturated rings. The van der Waals surface area contributed by atoms with Crippen LogP contribution >= 0.6 is 11.6 Å². The molecular weight excluding hydrogens is 446 g/mol. The van der Waals surface area contributed by atoms with Gasteiger partial charge in [0.2, 0.25) is 0 Å². The number of allylic oxidation sites excluding steroid dienone is 1. The van der Waals surface area contributed by atoms with Crippen LogP contribution in [0.1, 0.15) is 36.0 Å². The molecule has 1 heterocycles. The number of hydrogen-bond donors (Lipinski definition) is 1. The molecule has 0 aliphatic heterocycles. The van der Waals surface area contributed by atoms with Gasteiger partial charge in [-0.15, -0.1) is 0 Å². The minimum atomic E-state index is -3.39. The first-order valence-electron chi connectivity index (χ1n) is 10.3. The second-order valence-electron chi connectivity index (χ2n) is 7.37. The van der Waals surface area contributed by atoms with Crippen molar-refractivity contribution >= 4 is 33.0 Å². The van der Waals surface area contributed by atoms with Crippen molar-refractivity contribution < 1.29 is 18.3 Å². The van der Waals surface area contributed by atoms with Crippen LogP contribution in [0.25, 0.3) is 5.57 Å². The maximum atomic E-state index is 12.6. The number of hydrogen-bond acceptors (Lipinski definition) is 4. The number of halogens is 1. The van der Waals surface area contributed by atoms with Crippen molar-refractivity contribution in [2.75, 3.05) is 5.75 Å². The summed E-state index contributed by atoms with van der Waals surface area (Å²) < 4.78 is 25.1. The molecule has 3 rings (SSSR count). The first kappa shape index (κ1) is 23.7. The van der Waals surface area contributed by atoms with Crippen LogP contribution < -0.4 is 0 Å². The first-order valence-corrected chi connectivity index (χ1v) is 12.3. The average Bonchev–Trinajstić information content (AvgIpc) is 2.79. The standard InChI is InChI=1S/C25H24ClNO4S/c26-22-11-13-23(14-12-22)32(30,31)17-15-19-7-9-20(10-8-19)24(5-1-2-6-25(28)29)21-4-3-16-27-18-21/h3-5,7-14,16,18H,1-2,6,15,17H2,(H,28,29)/b24-5+. The summed E-state index contributed by atoms with van der Waals surface area (Å²) in [6.45, 7) is 0. The molecule has 0 aliphatic carbocycles. The van der Waals surface area contributed by atoms with E-state index in [0.717, 1.165) is 22.3 Å². The van der Waals surface area contributed by atoms with E-state index in [-0.39, 0.29) is 17.1 Å². The van der Waals surface area contributed by atoms with Gasteiger partial charge in [-0.2, -0.15) is 0 Å². The fraction of sp³-hybridized carbons (Fsp3) is 0.200. The Morgan fingerprint density at radius 1 is 1.00 bits per heavy atom. The van der Waals surface area contributed by atoms with E-state index < -0.39 is 15.8 Å². The van der Waals surface area contributed by atoms with E-state index in [1.165, 1.54) is 12.1 Å². The van der Waals surface area contributed by atoms with E-state index in [1.807, 2.05) is 42.5 Å². The van der Waals surface area contributed by atoms with Crippen molar-refractivity contribution in [3.8, 4) is 0 Å². The Kier molecular flexibility index (Phi) is 8.20. The third kappa shape index (κ3) is 6.77. The minimum Gasteiger partial charge on any atom is -0.481 e. The molecule has 166 valence electrons. The van der Waals surface area contributed by atoms with Crippen LogP contribution in [0.15, 0.2) is 84.0 Å². The number of pyridine rings is 1. The lowest BCUT2D eigenvalue weighted by atomic mass is 9.96. The van der Waals surface area contributed by atoms with E-state index in [0.29, 0.717) is 24.3 Å². The summed E-state index contributed by atoms with van der Waals surface area (Å²) in [5.41, 5.74) is 3.81. The Morgan fingerprint density at radius 2 is 1.72 bits per heavy atom. The maximum Gasteiger partial charge on any atom is 0.303 e. The highest BCUT2D eigenvalue weighted by Gasteiger charge is 2.14. The summed E-state index contributed by atoms with van der Waals surface area (Å²) in [5.74, 6) is -0.798. The molecule has 5 nitrogen and oxygen atoms in total. The van der Waals surface area contributed by atoms with Crippen LogP contribution in [0.4, 0.5) is 0 Å². The second-order valence-corrected chi connectivity index (χ2v) is 9.91. The Bertz CT molecular complexity index is 1170. The zero-order valence-electron chi connectivity index (χ0n) is 17.4. The van der Waals surface area contributed by atoms with Crippen LogP contribution in [-0.4, -0.2) is 30.2 Å². The molecule has 32 heavy (non-hydrogen) atoms. The summed E-state index contributed by atoms with van der Waals surface area (Å²) in [5, 5.41) is 9.36. The third-order valence-electron chi connectivity index (χ3n) is 5.01. The average molecular weight is 470 g/mol. The molecule has 3 aromatic rings. The molecule has 0 bridgehead atoms. The molecule has 0 saturated heterocycles. The van der Waals surface area contributed by atoms with E-state index in [4.69, 9.17) is 16.7 Å². The Hall–Kier alpha value is -2.96. The quantitative estimate of drug-likeness (QED) is 0.400. The first-order chi connectivity index (χ1) is 15.3. The van der Waals surface area contributed by atoms with Gasteiger partial charge in [0.25, 0.3) is 0 Å². The molecule has 0 radical (unpaired) electrons. The van der Waals surface area contributed by atoms with Gasteiger partial charge in [-0.3, -0.25) is 9.78 Å². The summed E-state index contributed by atoms with van der Waals surface area (Å²) >= 11 is 5.84. The van der Waals surface area contributed by atoms with Gasteiger partial charge < -0.3 is 5.11 Å². The third-order valence-corrected chi connectivity index (χ3v) is 7.00. The van der Waals surface area contributed by atoms with Crippen LogP contribution in [-0.2, 0) is 21.1 Å². The van der Waals surface area contributed by atoms with Gasteiger partial charge in [0.05, 0.1) is 10.6 Å². The molecule has 0 unspecified atom stereocenters. The molecule has 0 amide bonds. The van der Waals surface area contributed by atoms with Crippen molar-refractivity contribution in [3.05, 3.63) is 101 Å². The SMILES string of the molecule is O=C(O)CCC/C=C(\c1ccc(CCS(=O)(=O)c2ccc(Cl)cc2)cc1)c1cccnc1. The van der Waals surface area contributed by atoms with Crippen molar-refractivity contribution in [3.63, 3.8) is 0 Å².